The van der Waals surface area contributed by atoms with Gasteiger partial charge in [-0.3, -0.25) is 0 Å². The van der Waals surface area contributed by atoms with Crippen LogP contribution in [0.3, 0.4) is 0 Å². The second-order valence-corrected chi connectivity index (χ2v) is 1.53. The molecule has 0 spiro atoms. The number of hydrogen-bond donors (Lipinski definition) is 1. The Hall–Kier alpha value is -0.830. The Morgan fingerprint density at radius 2 is 2.33 bits per heavy atom. The van der Waals surface area contributed by atoms with Crippen molar-refractivity contribution in [1.29, 1.82) is 0 Å². The molecule has 0 aliphatic heterocycles. The van der Waals surface area contributed by atoms with Gasteiger partial charge in [0.2, 0.25) is 0 Å². The van der Waals surface area contributed by atoms with Gasteiger partial charge < -0.3 is 9.84 Å². The quantitative estimate of drug-likeness (QED) is 0.335. The molecule has 0 aliphatic carbocycles. The second-order valence-electron chi connectivity index (χ2n) is 1.53. The summed E-state index contributed by atoms with van der Waals surface area (Å²) in [5, 5.41) is 8.11. The van der Waals surface area contributed by atoms with E-state index < -0.39 is 12.8 Å². The lowest BCUT2D eigenvalue weighted by atomic mass is 10.3. The molecule has 0 rings (SSSR count). The molecule has 9 heavy (non-hydrogen) atoms. The maximum atomic E-state index is 10.5. The van der Waals surface area contributed by atoms with E-state index in [9.17, 15) is 4.79 Å². The summed E-state index contributed by atoms with van der Waals surface area (Å²) in [4.78, 5) is 10.5. The van der Waals surface area contributed by atoms with E-state index >= 15 is 0 Å². The zero-order chi connectivity index (χ0) is 7.28. The van der Waals surface area contributed by atoms with E-state index in [4.69, 9.17) is 5.11 Å². The summed E-state index contributed by atoms with van der Waals surface area (Å²) < 4.78 is 4.24. The highest BCUT2D eigenvalue weighted by Crippen LogP contribution is 1.93. The SMILES string of the molecule is C/C=C(\C)C(=O)OCO. The molecule has 0 amide bonds. The maximum Gasteiger partial charge on any atom is 0.335 e. The standard InChI is InChI=1S/C6H10O3/c1-3-5(2)6(8)9-4-7/h3,7H,4H2,1-2H3/b5-3+. The van der Waals surface area contributed by atoms with E-state index in [-0.39, 0.29) is 0 Å². The topological polar surface area (TPSA) is 46.5 Å². The lowest BCUT2D eigenvalue weighted by molar-refractivity contribution is -0.146. The third-order valence-corrected chi connectivity index (χ3v) is 0.951. The first kappa shape index (κ1) is 8.17. The van der Waals surface area contributed by atoms with Crippen molar-refractivity contribution in [2.75, 3.05) is 6.79 Å². The van der Waals surface area contributed by atoms with Gasteiger partial charge in [0.25, 0.3) is 0 Å². The number of aliphatic hydroxyl groups is 1. The molecule has 0 aromatic carbocycles. The first-order valence-corrected chi connectivity index (χ1v) is 2.63. The van der Waals surface area contributed by atoms with Crippen LogP contribution in [0.2, 0.25) is 0 Å². The van der Waals surface area contributed by atoms with Gasteiger partial charge in [-0.25, -0.2) is 4.79 Å². The number of rotatable bonds is 2. The van der Waals surface area contributed by atoms with Crippen molar-refractivity contribution >= 4 is 5.97 Å². The van der Waals surface area contributed by atoms with Crippen molar-refractivity contribution in [1.82, 2.24) is 0 Å². The van der Waals surface area contributed by atoms with Gasteiger partial charge in [-0.15, -0.1) is 0 Å². The summed E-state index contributed by atoms with van der Waals surface area (Å²) in [5.41, 5.74) is 0.504. The van der Waals surface area contributed by atoms with Crippen molar-refractivity contribution in [3.63, 3.8) is 0 Å². The van der Waals surface area contributed by atoms with E-state index in [1.165, 1.54) is 0 Å². The van der Waals surface area contributed by atoms with Gasteiger partial charge in [0.05, 0.1) is 0 Å². The molecule has 0 aliphatic rings. The predicted octanol–water partition coefficient (Wildman–Crippen LogP) is 0.446. The number of carbonyl (C=O) groups excluding carboxylic acids is 1. The molecule has 0 saturated heterocycles. The molecule has 0 aromatic heterocycles. The fourth-order valence-corrected chi connectivity index (χ4v) is 0.290. The van der Waals surface area contributed by atoms with Gasteiger partial charge >= 0.3 is 5.97 Å². The zero-order valence-corrected chi connectivity index (χ0v) is 5.55. The van der Waals surface area contributed by atoms with Crippen LogP contribution in [0.15, 0.2) is 11.6 Å². The Bertz CT molecular complexity index is 126. The molecule has 0 aromatic rings. The molecular formula is C6H10O3. The first-order valence-electron chi connectivity index (χ1n) is 2.63. The molecule has 0 bridgehead atoms. The van der Waals surface area contributed by atoms with Crippen molar-refractivity contribution < 1.29 is 14.6 Å². The average molecular weight is 130 g/mol. The van der Waals surface area contributed by atoms with Crippen LogP contribution in [0.25, 0.3) is 0 Å². The minimum absolute atomic E-state index is 0.472. The molecule has 3 heteroatoms. The average Bonchev–Trinajstić information content (AvgIpc) is 1.87. The summed E-state index contributed by atoms with van der Waals surface area (Å²) in [6.07, 6.45) is 1.62. The molecule has 3 nitrogen and oxygen atoms in total. The van der Waals surface area contributed by atoms with Gasteiger partial charge in [-0.1, -0.05) is 6.08 Å². The minimum Gasteiger partial charge on any atom is -0.435 e. The lowest BCUT2D eigenvalue weighted by Crippen LogP contribution is -2.05. The highest BCUT2D eigenvalue weighted by atomic mass is 16.6. The predicted molar refractivity (Wildman–Crippen MR) is 32.6 cm³/mol. The van der Waals surface area contributed by atoms with E-state index in [1.54, 1.807) is 19.9 Å². The van der Waals surface area contributed by atoms with Crippen molar-refractivity contribution in [2.45, 2.75) is 13.8 Å². The molecule has 0 radical (unpaired) electrons. The molecule has 0 fully saturated rings. The number of ether oxygens (including phenoxy) is 1. The van der Waals surface area contributed by atoms with Crippen LogP contribution in [-0.2, 0) is 9.53 Å². The van der Waals surface area contributed by atoms with Crippen LogP contribution in [0.1, 0.15) is 13.8 Å². The molecule has 1 N–H and O–H groups in total. The summed E-state index contributed by atoms with van der Waals surface area (Å²) in [5.74, 6) is -0.472. The third kappa shape index (κ3) is 2.87. The Kier molecular flexibility index (Phi) is 3.71. The Labute approximate surface area is 53.9 Å². The van der Waals surface area contributed by atoms with E-state index in [1.807, 2.05) is 0 Å². The monoisotopic (exact) mass is 130 g/mol. The summed E-state index contributed by atoms with van der Waals surface area (Å²) in [7, 11) is 0. The molecule has 52 valence electrons. The number of hydrogen-bond acceptors (Lipinski definition) is 3. The van der Waals surface area contributed by atoms with Crippen LogP contribution < -0.4 is 0 Å². The van der Waals surface area contributed by atoms with Crippen LogP contribution in [0.5, 0.6) is 0 Å². The normalized spacial score (nSPS) is 11.2. The number of esters is 1. The van der Waals surface area contributed by atoms with E-state index in [2.05, 4.69) is 4.74 Å². The highest BCUT2D eigenvalue weighted by molar-refractivity contribution is 5.87. The first-order chi connectivity index (χ1) is 4.22. The zero-order valence-electron chi connectivity index (χ0n) is 5.55. The van der Waals surface area contributed by atoms with Crippen LogP contribution in [0.4, 0.5) is 0 Å². The van der Waals surface area contributed by atoms with Gasteiger partial charge in [0.1, 0.15) is 0 Å². The molecule has 0 unspecified atom stereocenters. The largest absolute Gasteiger partial charge is 0.435 e. The Morgan fingerprint density at radius 1 is 1.78 bits per heavy atom. The fraction of sp³-hybridized carbons (Fsp3) is 0.500. The van der Waals surface area contributed by atoms with Crippen LogP contribution >= 0.6 is 0 Å². The van der Waals surface area contributed by atoms with Crippen LogP contribution in [0, 0.1) is 0 Å². The number of allylic oxidation sites excluding steroid dienone is 1. The van der Waals surface area contributed by atoms with Crippen LogP contribution in [-0.4, -0.2) is 17.9 Å². The lowest BCUT2D eigenvalue weighted by Gasteiger charge is -1.97. The third-order valence-electron chi connectivity index (χ3n) is 0.951. The summed E-state index contributed by atoms with van der Waals surface area (Å²) in [6.45, 7) is 2.80. The van der Waals surface area contributed by atoms with Crippen molar-refractivity contribution in [3.8, 4) is 0 Å². The summed E-state index contributed by atoms with van der Waals surface area (Å²) >= 11 is 0. The molecule has 0 heterocycles. The number of aliphatic hydroxyl groups excluding tert-OH is 1. The molecule has 0 atom stereocenters. The smallest absolute Gasteiger partial charge is 0.335 e. The minimum atomic E-state index is -0.552. The van der Waals surface area contributed by atoms with Gasteiger partial charge in [-0.2, -0.15) is 0 Å². The number of carbonyl (C=O) groups is 1. The maximum absolute atomic E-state index is 10.5. The van der Waals surface area contributed by atoms with Crippen molar-refractivity contribution in [2.24, 2.45) is 0 Å². The van der Waals surface area contributed by atoms with Gasteiger partial charge in [0, 0.05) is 5.57 Å². The fourth-order valence-electron chi connectivity index (χ4n) is 0.290. The van der Waals surface area contributed by atoms with Gasteiger partial charge in [-0.05, 0) is 13.8 Å². The summed E-state index contributed by atoms with van der Waals surface area (Å²) in [6, 6.07) is 0. The second kappa shape index (κ2) is 4.09. The van der Waals surface area contributed by atoms with E-state index in [0.29, 0.717) is 5.57 Å². The van der Waals surface area contributed by atoms with E-state index in [0.717, 1.165) is 0 Å². The van der Waals surface area contributed by atoms with Crippen molar-refractivity contribution in [3.05, 3.63) is 11.6 Å². The Morgan fingerprint density at radius 3 is 2.67 bits per heavy atom. The molecule has 0 saturated carbocycles. The molecular weight excluding hydrogens is 120 g/mol. The van der Waals surface area contributed by atoms with Gasteiger partial charge in [0.15, 0.2) is 6.79 Å². The Balaban J connectivity index is 3.74. The highest BCUT2D eigenvalue weighted by Gasteiger charge is 2.00.